The number of benzene rings is 2. The van der Waals surface area contributed by atoms with Crippen LogP contribution in [0.3, 0.4) is 0 Å². The van der Waals surface area contributed by atoms with Crippen LogP contribution in [-0.4, -0.2) is 4.98 Å². The Hall–Kier alpha value is -2.16. The number of pyridine rings is 1. The largest absolute Gasteiger partial charge is 0.383 e. The first-order chi connectivity index (χ1) is 11.1. The zero-order chi connectivity index (χ0) is 16.4. The van der Waals surface area contributed by atoms with Crippen molar-refractivity contribution in [2.75, 3.05) is 5.73 Å². The van der Waals surface area contributed by atoms with Gasteiger partial charge in [-0.1, -0.05) is 62.2 Å². The maximum Gasteiger partial charge on any atom is 0.142 e. The van der Waals surface area contributed by atoms with Gasteiger partial charge in [0.15, 0.2) is 0 Å². The molecule has 0 saturated carbocycles. The van der Waals surface area contributed by atoms with Crippen LogP contribution in [0.25, 0.3) is 22.4 Å². The van der Waals surface area contributed by atoms with Crippen molar-refractivity contribution in [1.82, 2.24) is 4.98 Å². The highest BCUT2D eigenvalue weighted by Crippen LogP contribution is 2.34. The number of hydrogen-bond acceptors (Lipinski definition) is 3. The Morgan fingerprint density at radius 1 is 0.957 bits per heavy atom. The van der Waals surface area contributed by atoms with E-state index in [9.17, 15) is 5.26 Å². The number of nitrogens with two attached hydrogens (primary N) is 1. The lowest BCUT2D eigenvalue weighted by Crippen LogP contribution is -2.00. The minimum Gasteiger partial charge on any atom is -0.383 e. The summed E-state index contributed by atoms with van der Waals surface area (Å²) in [5, 5.41) is 9.44. The summed E-state index contributed by atoms with van der Waals surface area (Å²) in [5.41, 5.74) is 9.78. The predicted molar refractivity (Wildman–Crippen MR) is 99.6 cm³/mol. The average molecular weight is 429 g/mol. The molecule has 0 unspecified atom stereocenters. The predicted octanol–water partition coefficient (Wildman–Crippen LogP) is 5.39. The van der Waals surface area contributed by atoms with Crippen LogP contribution < -0.4 is 5.73 Å². The van der Waals surface area contributed by atoms with Gasteiger partial charge in [0, 0.05) is 20.1 Å². The van der Waals surface area contributed by atoms with Crippen LogP contribution in [0.2, 0.25) is 0 Å². The molecule has 2 aromatic carbocycles. The molecule has 112 valence electrons. The van der Waals surface area contributed by atoms with Gasteiger partial charge < -0.3 is 5.73 Å². The Bertz CT molecular complexity index is 913. The minimum atomic E-state index is 0.235. The van der Waals surface area contributed by atoms with E-state index in [1.165, 1.54) is 0 Å². The molecule has 0 aliphatic heterocycles. The maximum atomic E-state index is 9.44. The number of anilines is 1. The molecule has 0 aliphatic carbocycles. The summed E-state index contributed by atoms with van der Waals surface area (Å²) >= 11 is 6.95. The molecular formula is C18H11Br2N3. The van der Waals surface area contributed by atoms with E-state index in [1.54, 1.807) is 0 Å². The first-order valence-corrected chi connectivity index (χ1v) is 8.40. The lowest BCUT2D eigenvalue weighted by Gasteiger charge is -2.11. The Morgan fingerprint density at radius 2 is 1.65 bits per heavy atom. The zero-order valence-electron chi connectivity index (χ0n) is 11.9. The van der Waals surface area contributed by atoms with Gasteiger partial charge in [0.05, 0.1) is 5.69 Å². The molecule has 0 fully saturated rings. The van der Waals surface area contributed by atoms with Crippen molar-refractivity contribution in [2.45, 2.75) is 0 Å². The summed E-state index contributed by atoms with van der Waals surface area (Å²) in [4.78, 5) is 4.39. The van der Waals surface area contributed by atoms with Gasteiger partial charge in [0.1, 0.15) is 17.5 Å². The fourth-order valence-electron chi connectivity index (χ4n) is 2.35. The molecule has 2 N–H and O–H groups in total. The van der Waals surface area contributed by atoms with E-state index in [2.05, 4.69) is 42.9 Å². The van der Waals surface area contributed by atoms with Crippen LogP contribution in [-0.2, 0) is 0 Å². The molecule has 0 atom stereocenters. The summed E-state index contributed by atoms with van der Waals surface area (Å²) in [6.45, 7) is 0. The second-order valence-corrected chi connectivity index (χ2v) is 6.68. The smallest absolute Gasteiger partial charge is 0.142 e. The molecule has 0 spiro atoms. The molecule has 3 aromatic rings. The first-order valence-electron chi connectivity index (χ1n) is 6.81. The van der Waals surface area contributed by atoms with Crippen molar-refractivity contribution in [1.29, 1.82) is 5.26 Å². The van der Waals surface area contributed by atoms with Gasteiger partial charge in [0.25, 0.3) is 0 Å². The van der Waals surface area contributed by atoms with Gasteiger partial charge in [-0.25, -0.2) is 4.98 Å². The summed E-state index contributed by atoms with van der Waals surface area (Å²) < 4.78 is 1.91. The molecule has 3 rings (SSSR count). The van der Waals surface area contributed by atoms with Crippen molar-refractivity contribution < 1.29 is 0 Å². The highest BCUT2D eigenvalue weighted by Gasteiger charge is 2.14. The van der Waals surface area contributed by atoms with E-state index in [1.807, 2.05) is 54.6 Å². The van der Waals surface area contributed by atoms with Crippen molar-refractivity contribution in [3.8, 4) is 28.5 Å². The Morgan fingerprint density at radius 3 is 2.30 bits per heavy atom. The average Bonchev–Trinajstić information content (AvgIpc) is 2.55. The molecule has 0 bridgehead atoms. The fraction of sp³-hybridized carbons (Fsp3) is 0. The molecule has 0 radical (unpaired) electrons. The highest BCUT2D eigenvalue weighted by atomic mass is 79.9. The zero-order valence-corrected chi connectivity index (χ0v) is 15.1. The molecule has 23 heavy (non-hydrogen) atoms. The normalized spacial score (nSPS) is 10.3. The summed E-state index contributed by atoms with van der Waals surface area (Å²) in [5.74, 6) is 0.235. The lowest BCUT2D eigenvalue weighted by molar-refractivity contribution is 1.30. The third-order valence-electron chi connectivity index (χ3n) is 3.46. The number of nitrogens with zero attached hydrogens (tertiary/aromatic N) is 2. The van der Waals surface area contributed by atoms with E-state index in [0.717, 1.165) is 31.3 Å². The SMILES string of the molecule is N#Cc1c(-c2ccc(Br)cc2)cc(-c2ccccc2Br)nc1N. The molecule has 5 heteroatoms. The third kappa shape index (κ3) is 3.14. The number of rotatable bonds is 2. The van der Waals surface area contributed by atoms with Crippen LogP contribution in [0.4, 0.5) is 5.82 Å². The number of hydrogen-bond donors (Lipinski definition) is 1. The Balaban J connectivity index is 2.25. The van der Waals surface area contributed by atoms with E-state index in [-0.39, 0.29) is 5.82 Å². The first kappa shape index (κ1) is 15.7. The second-order valence-electron chi connectivity index (χ2n) is 4.91. The van der Waals surface area contributed by atoms with Crippen LogP contribution in [0.15, 0.2) is 63.5 Å². The monoisotopic (exact) mass is 427 g/mol. The molecule has 3 nitrogen and oxygen atoms in total. The van der Waals surface area contributed by atoms with Crippen molar-refractivity contribution in [3.05, 3.63) is 69.1 Å². The molecular weight excluding hydrogens is 418 g/mol. The van der Waals surface area contributed by atoms with Gasteiger partial charge in [0.2, 0.25) is 0 Å². The summed E-state index contributed by atoms with van der Waals surface area (Å²) in [6, 6.07) is 19.6. The van der Waals surface area contributed by atoms with E-state index in [0.29, 0.717) is 5.56 Å². The number of nitrogen functional groups attached to an aromatic ring is 1. The van der Waals surface area contributed by atoms with E-state index in [4.69, 9.17) is 5.73 Å². The molecule has 1 aromatic heterocycles. The van der Waals surface area contributed by atoms with Crippen molar-refractivity contribution >= 4 is 37.7 Å². The van der Waals surface area contributed by atoms with Gasteiger partial charge in [-0.05, 0) is 29.8 Å². The number of nitriles is 1. The van der Waals surface area contributed by atoms with Gasteiger partial charge >= 0.3 is 0 Å². The van der Waals surface area contributed by atoms with E-state index >= 15 is 0 Å². The maximum absolute atomic E-state index is 9.44. The van der Waals surface area contributed by atoms with Crippen molar-refractivity contribution in [3.63, 3.8) is 0 Å². The number of aromatic nitrogens is 1. The van der Waals surface area contributed by atoms with Gasteiger partial charge in [-0.2, -0.15) is 5.26 Å². The van der Waals surface area contributed by atoms with E-state index < -0.39 is 0 Å². The lowest BCUT2D eigenvalue weighted by atomic mass is 9.98. The van der Waals surface area contributed by atoms with Gasteiger partial charge in [-0.3, -0.25) is 0 Å². The summed E-state index contributed by atoms with van der Waals surface area (Å²) in [6.07, 6.45) is 0. The van der Waals surface area contributed by atoms with Crippen LogP contribution >= 0.6 is 31.9 Å². The van der Waals surface area contributed by atoms with Crippen LogP contribution in [0.5, 0.6) is 0 Å². The standard InChI is InChI=1S/C18H11Br2N3/c19-12-7-5-11(6-8-12)14-9-17(23-18(22)15(14)10-21)13-3-1-2-4-16(13)20/h1-9H,(H2,22,23). The van der Waals surface area contributed by atoms with Crippen LogP contribution in [0.1, 0.15) is 5.56 Å². The molecule has 0 aliphatic rings. The molecule has 0 saturated heterocycles. The molecule has 0 amide bonds. The Kier molecular flexibility index (Phi) is 4.46. The molecule has 1 heterocycles. The Labute approximate surface area is 151 Å². The highest BCUT2D eigenvalue weighted by molar-refractivity contribution is 9.10. The van der Waals surface area contributed by atoms with Crippen molar-refractivity contribution in [2.24, 2.45) is 0 Å². The number of halogens is 2. The fourth-order valence-corrected chi connectivity index (χ4v) is 3.10. The topological polar surface area (TPSA) is 62.7 Å². The third-order valence-corrected chi connectivity index (χ3v) is 4.68. The van der Waals surface area contributed by atoms with Gasteiger partial charge in [-0.15, -0.1) is 0 Å². The quantitative estimate of drug-likeness (QED) is 0.594. The minimum absolute atomic E-state index is 0.235. The van der Waals surface area contributed by atoms with Crippen LogP contribution in [0, 0.1) is 11.3 Å². The second kappa shape index (κ2) is 6.53. The summed E-state index contributed by atoms with van der Waals surface area (Å²) in [7, 11) is 0.